The quantitative estimate of drug-likeness (QED) is 0.419. The van der Waals surface area contributed by atoms with E-state index in [4.69, 9.17) is 10.3 Å². The number of piperidine rings is 1. The molecule has 1 fully saturated rings. The van der Waals surface area contributed by atoms with E-state index in [1.807, 2.05) is 0 Å². The number of aliphatic hydroxyl groups is 1. The molecule has 1 amide bonds. The predicted octanol–water partition coefficient (Wildman–Crippen LogP) is 0.888. The summed E-state index contributed by atoms with van der Waals surface area (Å²) in [5.41, 5.74) is 8.28. The Morgan fingerprint density at radius 1 is 1.80 bits per heavy atom. The Morgan fingerprint density at radius 3 is 3.13 bits per heavy atom. The molecular formula is C8H14N4O3. The zero-order valence-electron chi connectivity index (χ0n) is 8.54. The Bertz CT molecular complexity index is 277. The summed E-state index contributed by atoms with van der Waals surface area (Å²) < 4.78 is 4.81. The van der Waals surface area contributed by atoms with Crippen molar-refractivity contribution >= 4 is 6.09 Å². The lowest BCUT2D eigenvalue weighted by molar-refractivity contribution is 0.0486. The molecule has 1 rings (SSSR count). The fraction of sp³-hybridized carbons (Fsp3) is 0.875. The lowest BCUT2D eigenvalue weighted by Crippen LogP contribution is -2.48. The number of ether oxygens (including phenoxy) is 1. The summed E-state index contributed by atoms with van der Waals surface area (Å²) in [6.45, 7) is 2.67. The average molecular weight is 214 g/mol. The number of amides is 1. The van der Waals surface area contributed by atoms with E-state index in [0.29, 0.717) is 19.6 Å². The van der Waals surface area contributed by atoms with Gasteiger partial charge in [-0.1, -0.05) is 5.11 Å². The van der Waals surface area contributed by atoms with Crippen LogP contribution in [0, 0.1) is 0 Å². The number of nitrogens with zero attached hydrogens (tertiary/aromatic N) is 4. The van der Waals surface area contributed by atoms with Crippen molar-refractivity contribution in [3.63, 3.8) is 0 Å². The largest absolute Gasteiger partial charge is 0.450 e. The number of hydrogen-bond acceptors (Lipinski definition) is 4. The number of carbonyl (C=O) groups is 1. The van der Waals surface area contributed by atoms with Crippen LogP contribution in [0.4, 0.5) is 4.79 Å². The molecule has 84 valence electrons. The second kappa shape index (κ2) is 5.43. The number of hydrogen-bond donors (Lipinski definition) is 1. The summed E-state index contributed by atoms with van der Waals surface area (Å²) in [5, 5.41) is 12.9. The summed E-state index contributed by atoms with van der Waals surface area (Å²) in [6, 6.07) is -0.576. The van der Waals surface area contributed by atoms with Crippen molar-refractivity contribution < 1.29 is 14.6 Å². The lowest BCUT2D eigenvalue weighted by atomic mass is 10.0. The van der Waals surface area contributed by atoms with Gasteiger partial charge in [0.25, 0.3) is 0 Å². The minimum atomic E-state index is -0.674. The lowest BCUT2D eigenvalue weighted by Gasteiger charge is -2.32. The Hall–Kier alpha value is -1.46. The number of rotatable bonds is 2. The van der Waals surface area contributed by atoms with E-state index in [0.717, 1.165) is 0 Å². The van der Waals surface area contributed by atoms with Gasteiger partial charge in [-0.05, 0) is 18.9 Å². The molecule has 1 aliphatic heterocycles. The zero-order valence-corrected chi connectivity index (χ0v) is 8.54. The highest BCUT2D eigenvalue weighted by Crippen LogP contribution is 2.15. The second-order valence-corrected chi connectivity index (χ2v) is 3.27. The molecule has 0 aromatic heterocycles. The van der Waals surface area contributed by atoms with Crippen LogP contribution in [0.25, 0.3) is 10.4 Å². The molecule has 0 aliphatic carbocycles. The highest BCUT2D eigenvalue weighted by atomic mass is 16.6. The first-order valence-electron chi connectivity index (χ1n) is 4.83. The molecule has 0 aromatic carbocycles. The molecular weight excluding hydrogens is 200 g/mol. The van der Waals surface area contributed by atoms with Crippen molar-refractivity contribution in [2.75, 3.05) is 19.7 Å². The molecule has 0 radical (unpaired) electrons. The van der Waals surface area contributed by atoms with Crippen molar-refractivity contribution in [3.05, 3.63) is 10.4 Å². The molecule has 0 bridgehead atoms. The molecule has 0 aromatic rings. The average Bonchev–Trinajstić information content (AvgIpc) is 2.22. The third kappa shape index (κ3) is 3.00. The van der Waals surface area contributed by atoms with Gasteiger partial charge in [0.2, 0.25) is 0 Å². The molecule has 7 nitrogen and oxygen atoms in total. The maximum absolute atomic E-state index is 11.3. The minimum Gasteiger partial charge on any atom is -0.450 e. The predicted molar refractivity (Wildman–Crippen MR) is 52.2 cm³/mol. The van der Waals surface area contributed by atoms with E-state index in [1.165, 1.54) is 4.90 Å². The van der Waals surface area contributed by atoms with Crippen LogP contribution in [0.15, 0.2) is 5.11 Å². The van der Waals surface area contributed by atoms with Gasteiger partial charge in [-0.25, -0.2) is 4.79 Å². The Morgan fingerprint density at radius 2 is 2.53 bits per heavy atom. The third-order valence-corrected chi connectivity index (χ3v) is 2.27. The Kier molecular flexibility index (Phi) is 4.20. The van der Waals surface area contributed by atoms with Gasteiger partial charge in [0.05, 0.1) is 18.8 Å². The smallest absolute Gasteiger partial charge is 0.409 e. The highest BCUT2D eigenvalue weighted by Gasteiger charge is 2.30. The van der Waals surface area contributed by atoms with Crippen molar-refractivity contribution in [2.24, 2.45) is 5.11 Å². The molecule has 2 atom stereocenters. The summed E-state index contributed by atoms with van der Waals surface area (Å²) in [6.07, 6.45) is -0.697. The number of aliphatic hydroxyl groups excluding tert-OH is 1. The van der Waals surface area contributed by atoms with Gasteiger partial charge in [-0.3, -0.25) is 0 Å². The molecule has 15 heavy (non-hydrogen) atoms. The van der Waals surface area contributed by atoms with Crippen molar-refractivity contribution in [1.82, 2.24) is 4.90 Å². The summed E-state index contributed by atoms with van der Waals surface area (Å²) in [5.74, 6) is 0. The third-order valence-electron chi connectivity index (χ3n) is 2.27. The molecule has 0 unspecified atom stereocenters. The van der Waals surface area contributed by atoms with Gasteiger partial charge < -0.3 is 14.7 Å². The second-order valence-electron chi connectivity index (χ2n) is 3.27. The van der Waals surface area contributed by atoms with E-state index in [9.17, 15) is 9.90 Å². The van der Waals surface area contributed by atoms with Crippen LogP contribution in [0.2, 0.25) is 0 Å². The number of likely N-dealkylation sites (tertiary alicyclic amines) is 1. The van der Waals surface area contributed by atoms with E-state index in [2.05, 4.69) is 10.0 Å². The first kappa shape index (κ1) is 11.6. The minimum absolute atomic E-state index is 0.212. The molecule has 0 spiro atoms. The Labute approximate surface area is 87.3 Å². The summed E-state index contributed by atoms with van der Waals surface area (Å²) in [7, 11) is 0. The molecule has 1 heterocycles. The highest BCUT2D eigenvalue weighted by molar-refractivity contribution is 5.67. The van der Waals surface area contributed by atoms with E-state index in [1.54, 1.807) is 6.92 Å². The first-order chi connectivity index (χ1) is 7.19. The van der Waals surface area contributed by atoms with Crippen molar-refractivity contribution in [3.8, 4) is 0 Å². The summed E-state index contributed by atoms with van der Waals surface area (Å²) in [4.78, 5) is 15.4. The van der Waals surface area contributed by atoms with Crippen molar-refractivity contribution in [2.45, 2.75) is 25.5 Å². The van der Waals surface area contributed by atoms with E-state index in [-0.39, 0.29) is 6.54 Å². The molecule has 1 saturated heterocycles. The fourth-order valence-corrected chi connectivity index (χ4v) is 1.48. The van der Waals surface area contributed by atoms with Gasteiger partial charge in [-0.2, -0.15) is 0 Å². The van der Waals surface area contributed by atoms with Gasteiger partial charge >= 0.3 is 6.09 Å². The van der Waals surface area contributed by atoms with Crippen LogP contribution < -0.4 is 0 Å². The number of azide groups is 1. The molecule has 1 N–H and O–H groups in total. The van der Waals surface area contributed by atoms with Gasteiger partial charge in [0.1, 0.15) is 0 Å². The summed E-state index contributed by atoms with van der Waals surface area (Å²) >= 11 is 0. The van der Waals surface area contributed by atoms with Crippen LogP contribution in [0.1, 0.15) is 13.3 Å². The van der Waals surface area contributed by atoms with E-state index < -0.39 is 18.2 Å². The maximum atomic E-state index is 11.3. The normalized spacial score (nSPS) is 25.6. The fourth-order valence-electron chi connectivity index (χ4n) is 1.48. The monoisotopic (exact) mass is 214 g/mol. The topological polar surface area (TPSA) is 98.5 Å². The molecule has 1 aliphatic rings. The maximum Gasteiger partial charge on any atom is 0.409 e. The van der Waals surface area contributed by atoms with E-state index >= 15 is 0 Å². The van der Waals surface area contributed by atoms with Crippen LogP contribution in [0.3, 0.4) is 0 Å². The van der Waals surface area contributed by atoms with Gasteiger partial charge in [0, 0.05) is 18.0 Å². The van der Waals surface area contributed by atoms with Crippen LogP contribution >= 0.6 is 0 Å². The van der Waals surface area contributed by atoms with Gasteiger partial charge in [0.15, 0.2) is 0 Å². The van der Waals surface area contributed by atoms with Crippen LogP contribution in [0.5, 0.6) is 0 Å². The van der Waals surface area contributed by atoms with Crippen molar-refractivity contribution in [1.29, 1.82) is 0 Å². The zero-order chi connectivity index (χ0) is 11.3. The van der Waals surface area contributed by atoms with Crippen LogP contribution in [-0.2, 0) is 4.74 Å². The molecule has 0 saturated carbocycles. The number of carbonyl (C=O) groups excluding carboxylic acids is 1. The Balaban J connectivity index is 2.57. The SMILES string of the molecule is CCOC(=O)N1CC[C@H](O)[C@@H](N=[N+]=[N-])C1. The van der Waals surface area contributed by atoms with Crippen LogP contribution in [-0.4, -0.2) is 47.9 Å². The standard InChI is InChI=1S/C8H14N4O3/c1-2-15-8(14)12-4-3-7(13)6(5-12)10-11-9/h6-7,13H,2-5H2,1H3/t6-,7-/m0/s1. The molecule has 7 heteroatoms. The first-order valence-corrected chi connectivity index (χ1v) is 4.83. The van der Waals surface area contributed by atoms with Gasteiger partial charge in [-0.15, -0.1) is 0 Å².